The Morgan fingerprint density at radius 2 is 2.04 bits per heavy atom. The summed E-state index contributed by atoms with van der Waals surface area (Å²) in [7, 11) is 0. The molecule has 1 amide bonds. The van der Waals surface area contributed by atoms with Crippen molar-refractivity contribution >= 4 is 63.2 Å². The quantitative estimate of drug-likeness (QED) is 0.356. The maximum Gasteiger partial charge on any atom is 0.228 e. The molecule has 1 heterocycles. The standard InChI is InChI=1S/C20H19Cl2N3O2S/c1-2-3-4-8-17(26)25-20(28)23-12-9-10-16-15(11-12)24-19(27-16)13-6-5-7-14(21)18(13)22/h5-7,9-11H,2-4,8H2,1H3,(H2,23,25,26,28). The number of nitrogens with one attached hydrogen (secondary N) is 2. The van der Waals surface area contributed by atoms with Gasteiger partial charge in [0.25, 0.3) is 0 Å². The average Bonchev–Trinajstić information content (AvgIpc) is 3.07. The molecule has 0 aliphatic rings. The molecule has 0 saturated heterocycles. The van der Waals surface area contributed by atoms with Crippen LogP contribution in [0.5, 0.6) is 0 Å². The topological polar surface area (TPSA) is 67.2 Å². The number of fused-ring (bicyclic) bond motifs is 1. The lowest BCUT2D eigenvalue weighted by Crippen LogP contribution is -2.33. The van der Waals surface area contributed by atoms with E-state index < -0.39 is 0 Å². The van der Waals surface area contributed by atoms with Crippen LogP contribution in [0, 0.1) is 0 Å². The lowest BCUT2D eigenvalue weighted by molar-refractivity contribution is -0.119. The maximum absolute atomic E-state index is 11.9. The van der Waals surface area contributed by atoms with Crippen LogP contribution in [0.1, 0.15) is 32.6 Å². The molecule has 28 heavy (non-hydrogen) atoms. The van der Waals surface area contributed by atoms with Crippen LogP contribution in [0.2, 0.25) is 10.0 Å². The molecule has 0 fully saturated rings. The second-order valence-electron chi connectivity index (χ2n) is 6.26. The van der Waals surface area contributed by atoms with E-state index in [-0.39, 0.29) is 11.0 Å². The second-order valence-corrected chi connectivity index (χ2v) is 7.46. The predicted octanol–water partition coefficient (Wildman–Crippen LogP) is 6.19. The minimum Gasteiger partial charge on any atom is -0.436 e. The molecule has 2 N–H and O–H groups in total. The van der Waals surface area contributed by atoms with E-state index in [1.807, 2.05) is 0 Å². The van der Waals surface area contributed by atoms with Crippen LogP contribution in [0.4, 0.5) is 5.69 Å². The van der Waals surface area contributed by atoms with E-state index in [1.165, 1.54) is 0 Å². The van der Waals surface area contributed by atoms with Crippen LogP contribution < -0.4 is 10.6 Å². The molecule has 5 nitrogen and oxygen atoms in total. The van der Waals surface area contributed by atoms with Crippen molar-refractivity contribution in [1.29, 1.82) is 0 Å². The largest absolute Gasteiger partial charge is 0.436 e. The van der Waals surface area contributed by atoms with Gasteiger partial charge in [0.05, 0.1) is 15.6 Å². The molecule has 1 aromatic heterocycles. The van der Waals surface area contributed by atoms with E-state index in [0.717, 1.165) is 19.3 Å². The Balaban J connectivity index is 1.71. The third-order valence-electron chi connectivity index (χ3n) is 4.09. The number of rotatable bonds is 6. The molecule has 0 radical (unpaired) electrons. The number of carbonyl (C=O) groups is 1. The van der Waals surface area contributed by atoms with Crippen LogP contribution >= 0.6 is 35.4 Å². The van der Waals surface area contributed by atoms with Crippen LogP contribution in [-0.4, -0.2) is 16.0 Å². The monoisotopic (exact) mass is 435 g/mol. The van der Waals surface area contributed by atoms with Gasteiger partial charge in [-0.25, -0.2) is 4.98 Å². The maximum atomic E-state index is 11.9. The van der Waals surface area contributed by atoms with Crippen molar-refractivity contribution in [2.45, 2.75) is 32.6 Å². The zero-order chi connectivity index (χ0) is 20.1. The fourth-order valence-corrected chi connectivity index (χ4v) is 3.29. The van der Waals surface area contributed by atoms with Crippen LogP contribution in [0.3, 0.4) is 0 Å². The SMILES string of the molecule is CCCCCC(=O)NC(=S)Nc1ccc2oc(-c3cccc(Cl)c3Cl)nc2c1. The molecule has 0 aliphatic heterocycles. The van der Waals surface area contributed by atoms with Crippen molar-refractivity contribution in [3.05, 3.63) is 46.4 Å². The van der Waals surface area contributed by atoms with Gasteiger partial charge in [0.15, 0.2) is 10.7 Å². The first-order valence-electron chi connectivity index (χ1n) is 8.93. The number of thiocarbonyl (C=S) groups is 1. The summed E-state index contributed by atoms with van der Waals surface area (Å²) in [6.07, 6.45) is 3.40. The average molecular weight is 436 g/mol. The van der Waals surface area contributed by atoms with E-state index in [2.05, 4.69) is 22.5 Å². The van der Waals surface area contributed by atoms with E-state index in [9.17, 15) is 4.79 Å². The lowest BCUT2D eigenvalue weighted by Gasteiger charge is -2.09. The number of benzene rings is 2. The zero-order valence-corrected chi connectivity index (χ0v) is 17.5. The zero-order valence-electron chi connectivity index (χ0n) is 15.2. The first-order chi connectivity index (χ1) is 13.5. The van der Waals surface area contributed by atoms with Gasteiger partial charge >= 0.3 is 0 Å². The number of aromatic nitrogens is 1. The normalized spacial score (nSPS) is 10.8. The molecule has 2 aromatic carbocycles. The fourth-order valence-electron chi connectivity index (χ4n) is 2.68. The number of unbranched alkanes of at least 4 members (excludes halogenated alkanes) is 2. The van der Waals surface area contributed by atoms with Crippen molar-refractivity contribution < 1.29 is 9.21 Å². The summed E-state index contributed by atoms with van der Waals surface area (Å²) < 4.78 is 5.78. The highest BCUT2D eigenvalue weighted by Gasteiger charge is 2.14. The van der Waals surface area contributed by atoms with Crippen LogP contribution in [0.15, 0.2) is 40.8 Å². The van der Waals surface area contributed by atoms with Gasteiger partial charge in [0.1, 0.15) is 5.52 Å². The Hall–Kier alpha value is -2.15. The Morgan fingerprint density at radius 1 is 1.21 bits per heavy atom. The molecule has 3 aromatic rings. The Labute approximate surface area is 178 Å². The summed E-state index contributed by atoms with van der Waals surface area (Å²) in [6.45, 7) is 2.09. The van der Waals surface area contributed by atoms with Gasteiger partial charge < -0.3 is 15.1 Å². The Bertz CT molecular complexity index is 1020. The molecular formula is C20H19Cl2N3O2S. The van der Waals surface area contributed by atoms with Gasteiger partial charge in [-0.15, -0.1) is 0 Å². The van der Waals surface area contributed by atoms with Gasteiger partial charge in [-0.3, -0.25) is 4.79 Å². The van der Waals surface area contributed by atoms with Crippen molar-refractivity contribution in [3.63, 3.8) is 0 Å². The van der Waals surface area contributed by atoms with Crippen LogP contribution in [-0.2, 0) is 4.79 Å². The van der Waals surface area contributed by atoms with Gasteiger partial charge in [-0.2, -0.15) is 0 Å². The Kier molecular flexibility index (Phi) is 6.88. The second kappa shape index (κ2) is 9.37. The van der Waals surface area contributed by atoms with Gasteiger partial charge in [0, 0.05) is 12.1 Å². The number of halogens is 2. The molecule has 0 aliphatic carbocycles. The van der Waals surface area contributed by atoms with Gasteiger partial charge in [-0.05, 0) is 49.0 Å². The molecular weight excluding hydrogens is 417 g/mol. The number of carbonyl (C=O) groups excluding carboxylic acids is 1. The number of anilines is 1. The van der Waals surface area contributed by atoms with Crippen molar-refractivity contribution in [3.8, 4) is 11.5 Å². The van der Waals surface area contributed by atoms with Crippen molar-refractivity contribution in [1.82, 2.24) is 10.3 Å². The van der Waals surface area contributed by atoms with Gasteiger partial charge in [0.2, 0.25) is 11.8 Å². The van der Waals surface area contributed by atoms with Crippen molar-refractivity contribution in [2.24, 2.45) is 0 Å². The molecule has 0 saturated carbocycles. The molecule has 8 heteroatoms. The van der Waals surface area contributed by atoms with E-state index in [4.69, 9.17) is 39.8 Å². The van der Waals surface area contributed by atoms with E-state index >= 15 is 0 Å². The highest BCUT2D eigenvalue weighted by atomic mass is 35.5. The molecule has 0 unspecified atom stereocenters. The fraction of sp³-hybridized carbons (Fsp3) is 0.250. The van der Waals surface area contributed by atoms with E-state index in [0.29, 0.717) is 44.7 Å². The molecule has 0 spiro atoms. The summed E-state index contributed by atoms with van der Waals surface area (Å²) in [5, 5.41) is 6.76. The molecule has 0 bridgehead atoms. The number of hydrogen-bond acceptors (Lipinski definition) is 4. The molecule has 0 atom stereocenters. The van der Waals surface area contributed by atoms with Crippen molar-refractivity contribution in [2.75, 3.05) is 5.32 Å². The number of oxazole rings is 1. The third kappa shape index (κ3) is 5.01. The Morgan fingerprint density at radius 3 is 2.82 bits per heavy atom. The minimum absolute atomic E-state index is 0.0913. The highest BCUT2D eigenvalue weighted by molar-refractivity contribution is 7.80. The van der Waals surface area contributed by atoms with E-state index in [1.54, 1.807) is 36.4 Å². The summed E-state index contributed by atoms with van der Waals surface area (Å²) in [4.78, 5) is 16.3. The first-order valence-corrected chi connectivity index (χ1v) is 10.1. The summed E-state index contributed by atoms with van der Waals surface area (Å²) in [5.41, 5.74) is 2.55. The highest BCUT2D eigenvalue weighted by Crippen LogP contribution is 2.34. The number of amides is 1. The smallest absolute Gasteiger partial charge is 0.228 e. The summed E-state index contributed by atoms with van der Waals surface area (Å²) >= 11 is 17.5. The third-order valence-corrected chi connectivity index (χ3v) is 5.11. The first kappa shape index (κ1) is 20.6. The van der Waals surface area contributed by atoms with Crippen LogP contribution in [0.25, 0.3) is 22.6 Å². The summed E-state index contributed by atoms with van der Waals surface area (Å²) in [5.74, 6) is 0.290. The molecule has 3 rings (SSSR count). The number of hydrogen-bond donors (Lipinski definition) is 2. The predicted molar refractivity (Wildman–Crippen MR) is 118 cm³/mol. The molecule has 146 valence electrons. The number of nitrogens with zero attached hydrogens (tertiary/aromatic N) is 1. The summed E-state index contributed by atoms with van der Waals surface area (Å²) in [6, 6.07) is 10.6. The lowest BCUT2D eigenvalue weighted by atomic mass is 10.2. The van der Waals surface area contributed by atoms with Gasteiger partial charge in [-0.1, -0.05) is 49.0 Å². The minimum atomic E-state index is -0.0913.